The predicted octanol–water partition coefficient (Wildman–Crippen LogP) is 3.74. The number of aromatic nitrogens is 5. The second kappa shape index (κ2) is 9.55. The molecule has 10 heteroatoms. The highest BCUT2D eigenvalue weighted by Gasteiger charge is 2.19. The van der Waals surface area contributed by atoms with Gasteiger partial charge < -0.3 is 30.1 Å². The average Bonchev–Trinajstić information content (AvgIpc) is 3.51. The van der Waals surface area contributed by atoms with Crippen LogP contribution in [0.25, 0.3) is 28.1 Å². The molecule has 1 unspecified atom stereocenters. The number of imidazole rings is 2. The third-order valence-electron chi connectivity index (χ3n) is 5.84. The van der Waals surface area contributed by atoms with E-state index in [4.69, 9.17) is 4.98 Å². The third-order valence-corrected chi connectivity index (χ3v) is 6.70. The van der Waals surface area contributed by atoms with Crippen molar-refractivity contribution in [2.24, 2.45) is 0 Å². The number of phenolic OH excluding ortho intramolecular Hbond substituents is 1. The van der Waals surface area contributed by atoms with Gasteiger partial charge in [0.25, 0.3) is 5.56 Å². The molecule has 0 saturated heterocycles. The molecule has 0 fully saturated rings. The Morgan fingerprint density at radius 1 is 1.23 bits per heavy atom. The summed E-state index contributed by atoms with van der Waals surface area (Å²) in [4.78, 5) is 27.8. The van der Waals surface area contributed by atoms with Crippen molar-refractivity contribution < 1.29 is 10.2 Å². The van der Waals surface area contributed by atoms with Gasteiger partial charge in [-0.15, -0.1) is 0 Å². The summed E-state index contributed by atoms with van der Waals surface area (Å²) >= 11 is 2.07. The highest BCUT2D eigenvalue weighted by Crippen LogP contribution is 2.28. The Hall–Kier alpha value is -3.64. The van der Waals surface area contributed by atoms with Crippen molar-refractivity contribution in [1.29, 1.82) is 0 Å². The average molecular weight is 582 g/mol. The van der Waals surface area contributed by atoms with Crippen molar-refractivity contribution in [3.63, 3.8) is 0 Å². The number of anilines is 1. The van der Waals surface area contributed by atoms with Gasteiger partial charge >= 0.3 is 0 Å². The molecule has 9 nitrogen and oxygen atoms in total. The van der Waals surface area contributed by atoms with Crippen LogP contribution < -0.4 is 10.9 Å². The minimum atomic E-state index is -0.352. The van der Waals surface area contributed by atoms with E-state index in [-0.39, 0.29) is 24.0 Å². The zero-order valence-electron chi connectivity index (χ0n) is 18.8. The summed E-state index contributed by atoms with van der Waals surface area (Å²) in [6.07, 6.45) is 7.39. The SMILES string of the molecule is Cc1cc(-n2ccnc2)cc2[nH]c(-c3c(NC(CO)Cc4ccc(O)c(I)c4)cc[nH]c3=O)nc12. The number of hydrogen-bond acceptors (Lipinski definition) is 6. The highest BCUT2D eigenvalue weighted by atomic mass is 127. The Balaban J connectivity index is 1.51. The summed E-state index contributed by atoms with van der Waals surface area (Å²) in [7, 11) is 0. The van der Waals surface area contributed by atoms with E-state index in [2.05, 4.69) is 42.9 Å². The minimum Gasteiger partial charge on any atom is -0.507 e. The second-order valence-corrected chi connectivity index (χ2v) is 9.49. The summed E-state index contributed by atoms with van der Waals surface area (Å²) in [6.45, 7) is 1.83. The van der Waals surface area contributed by atoms with Gasteiger partial charge in [-0.1, -0.05) is 6.07 Å². The summed E-state index contributed by atoms with van der Waals surface area (Å²) in [5.74, 6) is 0.655. The highest BCUT2D eigenvalue weighted by molar-refractivity contribution is 14.1. The van der Waals surface area contributed by atoms with Crippen LogP contribution in [-0.2, 0) is 6.42 Å². The molecular weight excluding hydrogens is 559 g/mol. The van der Waals surface area contributed by atoms with E-state index < -0.39 is 0 Å². The van der Waals surface area contributed by atoms with Crippen molar-refractivity contribution >= 4 is 39.3 Å². The van der Waals surface area contributed by atoms with E-state index >= 15 is 0 Å². The normalized spacial score (nSPS) is 12.2. The lowest BCUT2D eigenvalue weighted by atomic mass is 10.1. The molecule has 0 aliphatic heterocycles. The quantitative estimate of drug-likeness (QED) is 0.186. The van der Waals surface area contributed by atoms with E-state index in [1.807, 2.05) is 42.0 Å². The van der Waals surface area contributed by atoms with Crippen LogP contribution >= 0.6 is 22.6 Å². The van der Waals surface area contributed by atoms with Crippen molar-refractivity contribution in [3.8, 4) is 22.8 Å². The first kappa shape index (κ1) is 23.1. The Kier molecular flexibility index (Phi) is 6.31. The predicted molar refractivity (Wildman–Crippen MR) is 143 cm³/mol. The van der Waals surface area contributed by atoms with Crippen molar-refractivity contribution in [1.82, 2.24) is 24.5 Å². The maximum absolute atomic E-state index is 12.9. The van der Waals surface area contributed by atoms with Crippen LogP contribution in [0.5, 0.6) is 5.75 Å². The van der Waals surface area contributed by atoms with E-state index in [0.29, 0.717) is 23.5 Å². The summed E-state index contributed by atoms with van der Waals surface area (Å²) in [5.41, 5.74) is 5.07. The van der Waals surface area contributed by atoms with E-state index in [1.165, 1.54) is 0 Å². The zero-order chi connectivity index (χ0) is 24.5. The molecule has 0 spiro atoms. The number of hydrogen-bond donors (Lipinski definition) is 5. The van der Waals surface area contributed by atoms with Crippen molar-refractivity contribution in [2.45, 2.75) is 19.4 Å². The first-order chi connectivity index (χ1) is 16.9. The van der Waals surface area contributed by atoms with Crippen LogP contribution in [0.4, 0.5) is 5.69 Å². The summed E-state index contributed by atoms with van der Waals surface area (Å²) in [5, 5.41) is 23.1. The molecule has 5 rings (SSSR count). The Labute approximate surface area is 214 Å². The van der Waals surface area contributed by atoms with Crippen LogP contribution in [0.1, 0.15) is 11.1 Å². The lowest BCUT2D eigenvalue weighted by Crippen LogP contribution is -2.28. The van der Waals surface area contributed by atoms with E-state index in [0.717, 1.165) is 31.4 Å². The molecule has 0 amide bonds. The van der Waals surface area contributed by atoms with Crippen LogP contribution in [-0.4, -0.2) is 47.4 Å². The molecule has 178 valence electrons. The van der Waals surface area contributed by atoms with Gasteiger partial charge in [0.15, 0.2) is 0 Å². The standard InChI is InChI=1S/C25H23IN6O3/c1-14-8-17(32-7-6-27-13-32)11-20-23(14)31-24(30-20)22-19(4-5-28-25(22)35)29-16(12-33)9-15-2-3-21(34)18(26)10-15/h2-8,10-11,13,16,33-34H,9,12H2,1H3,(H,30,31)(H2,28,29,35). The fourth-order valence-corrected chi connectivity index (χ4v) is 4.71. The van der Waals surface area contributed by atoms with Gasteiger partial charge in [-0.3, -0.25) is 4.79 Å². The number of aliphatic hydroxyl groups is 1. The number of aromatic amines is 2. The lowest BCUT2D eigenvalue weighted by Gasteiger charge is -2.19. The number of fused-ring (bicyclic) bond motifs is 1. The topological polar surface area (TPSA) is 132 Å². The first-order valence-corrected chi connectivity index (χ1v) is 12.1. The Bertz CT molecular complexity index is 1560. The Morgan fingerprint density at radius 3 is 2.83 bits per heavy atom. The maximum atomic E-state index is 12.9. The number of aryl methyl sites for hydroxylation is 1. The van der Waals surface area contributed by atoms with Crippen LogP contribution in [0.3, 0.4) is 0 Å². The molecule has 2 aromatic carbocycles. The molecule has 5 aromatic rings. The van der Waals surface area contributed by atoms with Gasteiger partial charge in [-0.2, -0.15) is 0 Å². The van der Waals surface area contributed by atoms with E-state index in [1.54, 1.807) is 30.9 Å². The largest absolute Gasteiger partial charge is 0.507 e. The maximum Gasteiger partial charge on any atom is 0.261 e. The number of H-pyrrole nitrogens is 2. The number of nitrogens with one attached hydrogen (secondary N) is 3. The number of halogens is 1. The van der Waals surface area contributed by atoms with Crippen molar-refractivity contribution in [2.75, 3.05) is 11.9 Å². The molecule has 35 heavy (non-hydrogen) atoms. The molecule has 3 heterocycles. The van der Waals surface area contributed by atoms with Gasteiger partial charge in [0.1, 0.15) is 17.1 Å². The molecule has 0 aliphatic carbocycles. The third kappa shape index (κ3) is 4.66. The fraction of sp³-hybridized carbons (Fsp3) is 0.160. The van der Waals surface area contributed by atoms with Crippen LogP contribution in [0, 0.1) is 10.5 Å². The van der Waals surface area contributed by atoms with Crippen molar-refractivity contribution in [3.05, 3.63) is 86.4 Å². The summed E-state index contributed by atoms with van der Waals surface area (Å²) in [6, 6.07) is 10.7. The van der Waals surface area contributed by atoms with Gasteiger partial charge in [0, 0.05) is 24.3 Å². The first-order valence-electron chi connectivity index (χ1n) is 11.0. The molecule has 0 bridgehead atoms. The number of rotatable bonds is 7. The van der Waals surface area contributed by atoms with Gasteiger partial charge in [-0.25, -0.2) is 9.97 Å². The second-order valence-electron chi connectivity index (χ2n) is 8.32. The molecule has 3 aromatic heterocycles. The number of nitrogens with zero attached hydrogens (tertiary/aromatic N) is 3. The zero-order valence-corrected chi connectivity index (χ0v) is 20.9. The smallest absolute Gasteiger partial charge is 0.261 e. The number of pyridine rings is 1. The van der Waals surface area contributed by atoms with Gasteiger partial charge in [-0.05, 0) is 77.4 Å². The Morgan fingerprint density at radius 2 is 2.09 bits per heavy atom. The fourth-order valence-electron chi connectivity index (χ4n) is 4.13. The number of aliphatic hydroxyl groups excluding tert-OH is 1. The lowest BCUT2D eigenvalue weighted by molar-refractivity contribution is 0.273. The molecular formula is C25H23IN6O3. The number of benzene rings is 2. The monoisotopic (exact) mass is 582 g/mol. The van der Waals surface area contributed by atoms with Gasteiger partial charge in [0.05, 0.1) is 39.3 Å². The molecule has 0 radical (unpaired) electrons. The summed E-state index contributed by atoms with van der Waals surface area (Å²) < 4.78 is 2.65. The molecule has 5 N–H and O–H groups in total. The van der Waals surface area contributed by atoms with E-state index in [9.17, 15) is 15.0 Å². The molecule has 0 aliphatic rings. The van der Waals surface area contributed by atoms with Crippen LogP contribution in [0.15, 0.2) is 66.1 Å². The number of phenols is 1. The molecule has 0 saturated carbocycles. The number of aromatic hydroxyl groups is 1. The van der Waals surface area contributed by atoms with Gasteiger partial charge in [0.2, 0.25) is 0 Å². The minimum absolute atomic E-state index is 0.142. The molecule has 1 atom stereocenters. The van der Waals surface area contributed by atoms with Crippen LogP contribution in [0.2, 0.25) is 0 Å².